The fourth-order valence-electron chi connectivity index (χ4n) is 3.51. The summed E-state index contributed by atoms with van der Waals surface area (Å²) in [6.07, 6.45) is 7.97. The minimum absolute atomic E-state index is 0.178. The highest BCUT2D eigenvalue weighted by Crippen LogP contribution is 2.11. The van der Waals surface area contributed by atoms with E-state index in [1.165, 1.54) is 13.0 Å². The van der Waals surface area contributed by atoms with Gasteiger partial charge in [-0.05, 0) is 56.9 Å². The van der Waals surface area contributed by atoms with Crippen molar-refractivity contribution in [1.29, 1.82) is 0 Å². The molecule has 1 aliphatic rings. The van der Waals surface area contributed by atoms with Gasteiger partial charge in [0.05, 0.1) is 6.04 Å². The van der Waals surface area contributed by atoms with Gasteiger partial charge >= 0.3 is 0 Å². The number of hydrogen-bond acceptors (Lipinski definition) is 5. The Bertz CT molecular complexity index is 752. The average Bonchev–Trinajstić information content (AvgIpc) is 2.81. The van der Waals surface area contributed by atoms with Crippen molar-refractivity contribution in [3.8, 4) is 0 Å². The SMILES string of the molecule is CCC(C)CCC=CC(=O)NC1CCCNC(=O)C(CC(C)CC)NC(=O)C(=O)C(C)NC1=O. The molecule has 1 rings (SSSR count). The molecule has 1 aliphatic heterocycles. The molecule has 0 aromatic carbocycles. The van der Waals surface area contributed by atoms with Gasteiger partial charge in [0.1, 0.15) is 12.1 Å². The monoisotopic (exact) mass is 478 g/mol. The molecule has 5 atom stereocenters. The van der Waals surface area contributed by atoms with Crippen LogP contribution in [0, 0.1) is 11.8 Å². The van der Waals surface area contributed by atoms with Crippen molar-refractivity contribution in [2.75, 3.05) is 6.54 Å². The Morgan fingerprint density at radius 2 is 1.74 bits per heavy atom. The summed E-state index contributed by atoms with van der Waals surface area (Å²) in [6, 6.07) is -2.81. The molecule has 0 radical (unpaired) electrons. The van der Waals surface area contributed by atoms with E-state index in [1.54, 1.807) is 6.08 Å². The second kappa shape index (κ2) is 15.2. The van der Waals surface area contributed by atoms with Gasteiger partial charge in [0.15, 0.2) is 0 Å². The molecule has 0 aromatic heterocycles. The third kappa shape index (κ3) is 10.5. The molecule has 192 valence electrons. The van der Waals surface area contributed by atoms with E-state index in [0.29, 0.717) is 18.8 Å². The van der Waals surface area contributed by atoms with Crippen LogP contribution in [0.2, 0.25) is 0 Å². The molecule has 9 heteroatoms. The number of rotatable bonds is 9. The fourth-order valence-corrected chi connectivity index (χ4v) is 3.51. The van der Waals surface area contributed by atoms with Gasteiger partial charge in [-0.1, -0.05) is 46.6 Å². The number of carbonyl (C=O) groups is 5. The van der Waals surface area contributed by atoms with Crippen molar-refractivity contribution in [1.82, 2.24) is 21.3 Å². The largest absolute Gasteiger partial charge is 0.354 e. The molecule has 0 saturated carbocycles. The summed E-state index contributed by atoms with van der Waals surface area (Å²) in [5, 5.41) is 10.5. The lowest BCUT2D eigenvalue weighted by Gasteiger charge is -2.21. The van der Waals surface area contributed by atoms with Gasteiger partial charge in [0.2, 0.25) is 23.5 Å². The number of nitrogens with one attached hydrogen (secondary N) is 4. The van der Waals surface area contributed by atoms with Crippen molar-refractivity contribution in [3.05, 3.63) is 12.2 Å². The molecule has 4 N–H and O–H groups in total. The van der Waals surface area contributed by atoms with E-state index in [9.17, 15) is 24.0 Å². The lowest BCUT2D eigenvalue weighted by Crippen LogP contribution is -2.54. The molecule has 5 unspecified atom stereocenters. The quantitative estimate of drug-likeness (QED) is 0.296. The predicted molar refractivity (Wildman–Crippen MR) is 131 cm³/mol. The molecule has 9 nitrogen and oxygen atoms in total. The number of amides is 4. The summed E-state index contributed by atoms with van der Waals surface area (Å²) in [4.78, 5) is 62.7. The maximum Gasteiger partial charge on any atom is 0.290 e. The minimum atomic E-state index is -1.09. The van der Waals surface area contributed by atoms with Crippen LogP contribution >= 0.6 is 0 Å². The summed E-state index contributed by atoms with van der Waals surface area (Å²) in [7, 11) is 0. The Labute approximate surface area is 203 Å². The summed E-state index contributed by atoms with van der Waals surface area (Å²) in [5.74, 6) is -2.32. The second-order valence-corrected chi connectivity index (χ2v) is 9.36. The zero-order valence-corrected chi connectivity index (χ0v) is 21.2. The van der Waals surface area contributed by atoms with Crippen LogP contribution in [0.1, 0.15) is 79.6 Å². The highest BCUT2D eigenvalue weighted by molar-refractivity contribution is 6.38. The van der Waals surface area contributed by atoms with Gasteiger partial charge in [-0.3, -0.25) is 24.0 Å². The van der Waals surface area contributed by atoms with Crippen molar-refractivity contribution < 1.29 is 24.0 Å². The zero-order chi connectivity index (χ0) is 25.7. The molecule has 4 amide bonds. The van der Waals surface area contributed by atoms with Crippen molar-refractivity contribution in [3.63, 3.8) is 0 Å². The highest BCUT2D eigenvalue weighted by atomic mass is 16.2. The van der Waals surface area contributed by atoms with Crippen LogP contribution in [-0.2, 0) is 24.0 Å². The first-order valence-electron chi connectivity index (χ1n) is 12.5. The van der Waals surface area contributed by atoms with Gasteiger partial charge in [-0.25, -0.2) is 0 Å². The van der Waals surface area contributed by atoms with E-state index in [0.717, 1.165) is 25.7 Å². The molecule has 1 fully saturated rings. The minimum Gasteiger partial charge on any atom is -0.354 e. The molecule has 1 heterocycles. The normalized spacial score (nSPS) is 24.7. The number of ketones is 1. The number of hydrogen-bond donors (Lipinski definition) is 4. The van der Waals surface area contributed by atoms with Crippen molar-refractivity contribution in [2.45, 2.75) is 97.7 Å². The van der Waals surface area contributed by atoms with Crippen LogP contribution in [0.5, 0.6) is 0 Å². The van der Waals surface area contributed by atoms with Gasteiger partial charge in [-0.15, -0.1) is 0 Å². The summed E-state index contributed by atoms with van der Waals surface area (Å²) < 4.78 is 0. The Morgan fingerprint density at radius 3 is 2.38 bits per heavy atom. The molecule has 0 spiro atoms. The molecule has 1 saturated heterocycles. The third-order valence-electron chi connectivity index (χ3n) is 6.33. The van der Waals surface area contributed by atoms with Gasteiger partial charge in [-0.2, -0.15) is 0 Å². The molecular weight excluding hydrogens is 436 g/mol. The topological polar surface area (TPSA) is 133 Å². The van der Waals surface area contributed by atoms with Gasteiger partial charge < -0.3 is 21.3 Å². The van der Waals surface area contributed by atoms with E-state index < -0.39 is 41.6 Å². The fraction of sp³-hybridized carbons (Fsp3) is 0.720. The summed E-state index contributed by atoms with van der Waals surface area (Å²) in [5.41, 5.74) is 0. The van der Waals surface area contributed by atoms with Crippen LogP contribution in [0.3, 0.4) is 0 Å². The molecule has 0 bridgehead atoms. The van der Waals surface area contributed by atoms with Crippen LogP contribution < -0.4 is 21.3 Å². The van der Waals surface area contributed by atoms with Crippen molar-refractivity contribution in [2.24, 2.45) is 11.8 Å². The number of allylic oxidation sites excluding steroid dienone is 1. The summed E-state index contributed by atoms with van der Waals surface area (Å²) in [6.45, 7) is 9.92. The van der Waals surface area contributed by atoms with E-state index in [2.05, 4.69) is 35.1 Å². The Hall–Kier alpha value is -2.71. The number of Topliss-reactive ketones (excluding diaryl/α,β-unsaturated/α-hetero) is 1. The van der Waals surface area contributed by atoms with Crippen LogP contribution in [-0.4, -0.2) is 54.1 Å². The molecular formula is C25H42N4O5. The first kappa shape index (κ1) is 29.3. The standard InChI is InChI=1S/C25H42N4O5/c1-6-16(3)11-8-9-13-21(30)28-19-12-10-14-26-23(32)20(15-17(4)7-2)29-25(34)22(31)18(5)27-24(19)33/h9,13,16-20H,6-8,10-12,14-15H2,1-5H3,(H,26,32)(H,27,33)(H,28,30)(H,29,34). The first-order chi connectivity index (χ1) is 16.1. The maximum absolute atomic E-state index is 12.8. The van der Waals surface area contributed by atoms with E-state index in [-0.39, 0.29) is 24.8 Å². The Kier molecular flexibility index (Phi) is 13.1. The van der Waals surface area contributed by atoms with Gasteiger partial charge in [0.25, 0.3) is 5.91 Å². The smallest absolute Gasteiger partial charge is 0.290 e. The van der Waals surface area contributed by atoms with E-state index in [1.807, 2.05) is 13.8 Å². The zero-order valence-electron chi connectivity index (χ0n) is 21.2. The average molecular weight is 479 g/mol. The van der Waals surface area contributed by atoms with Crippen LogP contribution in [0.15, 0.2) is 12.2 Å². The lowest BCUT2D eigenvalue weighted by atomic mass is 9.98. The summed E-state index contributed by atoms with van der Waals surface area (Å²) >= 11 is 0. The van der Waals surface area contributed by atoms with Gasteiger partial charge in [0, 0.05) is 6.54 Å². The Morgan fingerprint density at radius 1 is 1.06 bits per heavy atom. The molecule has 0 aromatic rings. The lowest BCUT2D eigenvalue weighted by molar-refractivity contribution is -0.141. The van der Waals surface area contributed by atoms with E-state index >= 15 is 0 Å². The third-order valence-corrected chi connectivity index (χ3v) is 6.33. The van der Waals surface area contributed by atoms with Crippen LogP contribution in [0.25, 0.3) is 0 Å². The van der Waals surface area contributed by atoms with E-state index in [4.69, 9.17) is 0 Å². The van der Waals surface area contributed by atoms with Crippen LogP contribution in [0.4, 0.5) is 0 Å². The highest BCUT2D eigenvalue weighted by Gasteiger charge is 2.31. The first-order valence-corrected chi connectivity index (χ1v) is 12.5. The molecule has 34 heavy (non-hydrogen) atoms. The maximum atomic E-state index is 12.8. The Balaban J connectivity index is 2.88. The second-order valence-electron chi connectivity index (χ2n) is 9.36. The number of carbonyl (C=O) groups excluding carboxylic acids is 5. The van der Waals surface area contributed by atoms with Crippen molar-refractivity contribution >= 4 is 29.4 Å². The molecule has 0 aliphatic carbocycles. The predicted octanol–water partition coefficient (Wildman–Crippen LogP) is 1.76.